The van der Waals surface area contributed by atoms with Crippen LogP contribution in [0.2, 0.25) is 0 Å². The normalized spacial score (nSPS) is 16.5. The number of aryl methyl sites for hydroxylation is 1. The van der Waals surface area contributed by atoms with Crippen LogP contribution in [0.15, 0.2) is 29.6 Å². The largest absolute Gasteiger partial charge is 0.316 e. The zero-order valence-corrected chi connectivity index (χ0v) is 12.3. The quantitative estimate of drug-likeness (QED) is 0.925. The molecule has 1 aliphatic carbocycles. The molecule has 1 unspecified atom stereocenters. The number of likely N-dealkylation sites (N-methyl/N-ethyl adjacent to an activating group) is 1. The van der Waals surface area contributed by atoms with Gasteiger partial charge in [0.2, 0.25) is 0 Å². The minimum absolute atomic E-state index is 0.522. The number of hydrogen-bond acceptors (Lipinski definition) is 3. The Bertz CT molecular complexity index is 536. The van der Waals surface area contributed by atoms with Gasteiger partial charge in [-0.1, -0.05) is 24.3 Å². The van der Waals surface area contributed by atoms with Gasteiger partial charge in [-0.3, -0.25) is 0 Å². The molecule has 0 saturated carbocycles. The third-order valence-electron chi connectivity index (χ3n) is 4.12. The first-order valence-electron chi connectivity index (χ1n) is 6.91. The smallest absolute Gasteiger partial charge is 0.0897 e. The zero-order valence-electron chi connectivity index (χ0n) is 11.5. The highest BCUT2D eigenvalue weighted by atomic mass is 32.1. The summed E-state index contributed by atoms with van der Waals surface area (Å²) in [6.45, 7) is 2.08. The predicted molar refractivity (Wildman–Crippen MR) is 80.7 cm³/mol. The summed E-state index contributed by atoms with van der Waals surface area (Å²) in [5.41, 5.74) is 4.29. The van der Waals surface area contributed by atoms with Gasteiger partial charge >= 0.3 is 0 Å². The van der Waals surface area contributed by atoms with Crippen LogP contribution in [0, 0.1) is 12.8 Å². The molecule has 0 bridgehead atoms. The van der Waals surface area contributed by atoms with Gasteiger partial charge in [-0.25, -0.2) is 4.98 Å². The molecule has 1 heterocycles. The zero-order chi connectivity index (χ0) is 13.2. The predicted octanol–water partition coefficient (Wildman–Crippen LogP) is 3.00. The number of fused-ring (bicyclic) bond motifs is 1. The summed E-state index contributed by atoms with van der Waals surface area (Å²) in [5.74, 6) is 0.699. The monoisotopic (exact) mass is 272 g/mol. The second kappa shape index (κ2) is 5.43. The minimum atomic E-state index is 0.522. The van der Waals surface area contributed by atoms with E-state index >= 15 is 0 Å². The number of aromatic nitrogens is 1. The molecule has 1 atom stereocenters. The fourth-order valence-electron chi connectivity index (χ4n) is 3.11. The van der Waals surface area contributed by atoms with E-state index in [1.54, 1.807) is 11.3 Å². The first-order valence-corrected chi connectivity index (χ1v) is 7.79. The van der Waals surface area contributed by atoms with E-state index < -0.39 is 0 Å². The highest BCUT2D eigenvalue weighted by Gasteiger charge is 2.28. The number of thiazole rings is 1. The summed E-state index contributed by atoms with van der Waals surface area (Å²) in [5, 5.41) is 6.86. The second-order valence-corrected chi connectivity index (χ2v) is 6.46. The number of benzene rings is 1. The molecule has 0 radical (unpaired) electrons. The fraction of sp³-hybridized carbons (Fsp3) is 0.438. The summed E-state index contributed by atoms with van der Waals surface area (Å²) in [6, 6.07) is 9.37. The molecule has 3 rings (SSSR count). The van der Waals surface area contributed by atoms with E-state index in [4.69, 9.17) is 0 Å². The molecule has 0 amide bonds. The van der Waals surface area contributed by atoms with Crippen molar-refractivity contribution < 1.29 is 0 Å². The lowest BCUT2D eigenvalue weighted by atomic mass is 9.93. The van der Waals surface area contributed by atoms with Crippen LogP contribution in [0.1, 0.15) is 21.8 Å². The summed E-state index contributed by atoms with van der Waals surface area (Å²) in [6.07, 6.45) is 3.44. The SMILES string of the molecule is CNC(Cc1csc(C)n1)C1Cc2ccccc2C1. The molecule has 0 aliphatic heterocycles. The molecule has 1 aromatic heterocycles. The van der Waals surface area contributed by atoms with Gasteiger partial charge in [0.05, 0.1) is 10.7 Å². The third-order valence-corrected chi connectivity index (χ3v) is 4.94. The maximum Gasteiger partial charge on any atom is 0.0897 e. The van der Waals surface area contributed by atoms with Crippen LogP contribution in [-0.2, 0) is 19.3 Å². The van der Waals surface area contributed by atoms with Crippen molar-refractivity contribution in [3.63, 3.8) is 0 Å². The van der Waals surface area contributed by atoms with Crippen molar-refractivity contribution in [3.05, 3.63) is 51.5 Å². The number of hydrogen-bond donors (Lipinski definition) is 1. The van der Waals surface area contributed by atoms with Crippen LogP contribution in [-0.4, -0.2) is 18.1 Å². The summed E-state index contributed by atoms with van der Waals surface area (Å²) < 4.78 is 0. The lowest BCUT2D eigenvalue weighted by Crippen LogP contribution is -2.36. The maximum atomic E-state index is 4.60. The van der Waals surface area contributed by atoms with Crippen molar-refractivity contribution in [1.29, 1.82) is 0 Å². The second-order valence-electron chi connectivity index (χ2n) is 5.39. The van der Waals surface area contributed by atoms with Crippen molar-refractivity contribution in [1.82, 2.24) is 10.3 Å². The first kappa shape index (κ1) is 12.8. The van der Waals surface area contributed by atoms with Gasteiger partial charge in [-0.15, -0.1) is 11.3 Å². The van der Waals surface area contributed by atoms with Crippen LogP contribution in [0.4, 0.5) is 0 Å². The Hall–Kier alpha value is -1.19. The van der Waals surface area contributed by atoms with E-state index in [-0.39, 0.29) is 0 Å². The molecule has 3 heteroatoms. The van der Waals surface area contributed by atoms with Gasteiger partial charge in [-0.2, -0.15) is 0 Å². The van der Waals surface area contributed by atoms with Crippen molar-refractivity contribution in [2.75, 3.05) is 7.05 Å². The summed E-state index contributed by atoms with van der Waals surface area (Å²) >= 11 is 1.75. The number of nitrogens with one attached hydrogen (secondary N) is 1. The molecular weight excluding hydrogens is 252 g/mol. The van der Waals surface area contributed by atoms with Crippen LogP contribution in [0.5, 0.6) is 0 Å². The molecular formula is C16H20N2S. The fourth-order valence-corrected chi connectivity index (χ4v) is 3.73. The van der Waals surface area contributed by atoms with Crippen LogP contribution in [0.25, 0.3) is 0 Å². The van der Waals surface area contributed by atoms with Gasteiger partial charge in [0.15, 0.2) is 0 Å². The first-order chi connectivity index (χ1) is 9.26. The molecule has 1 N–H and O–H groups in total. The number of rotatable bonds is 4. The average molecular weight is 272 g/mol. The van der Waals surface area contributed by atoms with E-state index in [2.05, 4.69) is 53.9 Å². The van der Waals surface area contributed by atoms with Gasteiger partial charge < -0.3 is 5.32 Å². The highest BCUT2D eigenvalue weighted by Crippen LogP contribution is 2.29. The summed E-state index contributed by atoms with van der Waals surface area (Å²) in [7, 11) is 2.08. The third kappa shape index (κ3) is 2.72. The topological polar surface area (TPSA) is 24.9 Å². The van der Waals surface area contributed by atoms with E-state index in [1.807, 2.05) is 0 Å². The van der Waals surface area contributed by atoms with Crippen LogP contribution in [0.3, 0.4) is 0 Å². The lowest BCUT2D eigenvalue weighted by molar-refractivity contribution is 0.381. The average Bonchev–Trinajstić information content (AvgIpc) is 3.01. The molecule has 1 aliphatic rings. The molecule has 0 fully saturated rings. The van der Waals surface area contributed by atoms with Gasteiger partial charge in [0, 0.05) is 17.8 Å². The molecule has 2 aromatic rings. The Morgan fingerprint density at radius 2 is 2.00 bits per heavy atom. The van der Waals surface area contributed by atoms with Crippen molar-refractivity contribution in [2.24, 2.45) is 5.92 Å². The van der Waals surface area contributed by atoms with Crippen molar-refractivity contribution in [3.8, 4) is 0 Å². The van der Waals surface area contributed by atoms with Gasteiger partial charge in [-0.05, 0) is 43.9 Å². The Labute approximate surface area is 118 Å². The highest BCUT2D eigenvalue weighted by molar-refractivity contribution is 7.09. The van der Waals surface area contributed by atoms with E-state index in [0.717, 1.165) is 6.42 Å². The van der Waals surface area contributed by atoms with Crippen LogP contribution < -0.4 is 5.32 Å². The Balaban J connectivity index is 1.71. The van der Waals surface area contributed by atoms with E-state index in [1.165, 1.54) is 34.7 Å². The molecule has 1 aromatic carbocycles. The molecule has 0 saturated heterocycles. The Kier molecular flexibility index (Phi) is 3.67. The Morgan fingerprint density at radius 3 is 2.53 bits per heavy atom. The van der Waals surface area contributed by atoms with Gasteiger partial charge in [0.1, 0.15) is 0 Å². The van der Waals surface area contributed by atoms with E-state index in [9.17, 15) is 0 Å². The molecule has 100 valence electrons. The lowest BCUT2D eigenvalue weighted by Gasteiger charge is -2.22. The molecule has 2 nitrogen and oxygen atoms in total. The van der Waals surface area contributed by atoms with E-state index in [0.29, 0.717) is 12.0 Å². The molecule has 19 heavy (non-hydrogen) atoms. The number of nitrogens with zero attached hydrogens (tertiary/aromatic N) is 1. The molecule has 0 spiro atoms. The maximum absolute atomic E-state index is 4.60. The van der Waals surface area contributed by atoms with Crippen molar-refractivity contribution in [2.45, 2.75) is 32.2 Å². The van der Waals surface area contributed by atoms with Crippen molar-refractivity contribution >= 4 is 11.3 Å². The van der Waals surface area contributed by atoms with Gasteiger partial charge in [0.25, 0.3) is 0 Å². The van der Waals surface area contributed by atoms with Crippen LogP contribution >= 0.6 is 11.3 Å². The summed E-state index contributed by atoms with van der Waals surface area (Å²) in [4.78, 5) is 4.60. The Morgan fingerprint density at radius 1 is 1.32 bits per heavy atom. The minimum Gasteiger partial charge on any atom is -0.316 e. The standard InChI is InChI=1S/C16H20N2S/c1-11-18-15(10-19-11)9-16(17-2)14-7-12-5-3-4-6-13(12)8-14/h3-6,10,14,16-17H,7-9H2,1-2H3.